The van der Waals surface area contributed by atoms with Crippen LogP contribution in [0.5, 0.6) is 0 Å². The number of carbonyl (C=O) groups is 1. The van der Waals surface area contributed by atoms with Gasteiger partial charge in [-0.15, -0.1) is 11.8 Å². The molecule has 0 aliphatic carbocycles. The zero-order valence-corrected chi connectivity index (χ0v) is 13.7. The maximum Gasteiger partial charge on any atom is 0.233 e. The van der Waals surface area contributed by atoms with E-state index in [9.17, 15) is 15.2 Å². The molecule has 2 fully saturated rings. The topological polar surface area (TPSA) is 80.1 Å². The molecule has 5 nitrogen and oxygen atoms in total. The monoisotopic (exact) mass is 327 g/mol. The molecule has 0 bridgehead atoms. The van der Waals surface area contributed by atoms with Crippen LogP contribution in [0.4, 0.5) is 0 Å². The number of thioether (sulfide) groups is 1. The molecule has 3 heterocycles. The third kappa shape index (κ3) is 1.93. The Bertz CT molecular complexity index is 805. The van der Waals surface area contributed by atoms with Crippen LogP contribution in [0.2, 0.25) is 0 Å². The van der Waals surface area contributed by atoms with Gasteiger partial charge in [0.1, 0.15) is 12.1 Å². The first-order chi connectivity index (χ1) is 10.9. The summed E-state index contributed by atoms with van der Waals surface area (Å²) in [5.41, 5.74) is 1.60. The fraction of sp³-hybridized carbons (Fsp3) is 0.412. The molecular weight excluding hydrogens is 310 g/mol. The van der Waals surface area contributed by atoms with Crippen molar-refractivity contribution in [2.45, 2.75) is 36.1 Å². The third-order valence-electron chi connectivity index (χ3n) is 4.81. The first-order valence-corrected chi connectivity index (χ1v) is 8.47. The molecule has 4 unspecified atom stereocenters. The molecule has 4 rings (SSSR count). The summed E-state index contributed by atoms with van der Waals surface area (Å²) in [6, 6.07) is 11.5. The Labute approximate surface area is 138 Å². The molecule has 4 atom stereocenters. The number of H-pyrrole nitrogens is 1. The number of carbonyl (C=O) groups excluding carboxylic acids is 1. The Kier molecular flexibility index (Phi) is 3.03. The second kappa shape index (κ2) is 4.76. The van der Waals surface area contributed by atoms with E-state index >= 15 is 0 Å². The molecule has 0 saturated carbocycles. The number of β-lactam (4-membered cyclic amide) rings is 1. The molecule has 0 spiro atoms. The van der Waals surface area contributed by atoms with Crippen LogP contribution >= 0.6 is 11.8 Å². The quantitative estimate of drug-likeness (QED) is 0.830. The predicted molar refractivity (Wildman–Crippen MR) is 88.5 cm³/mol. The van der Waals surface area contributed by atoms with Crippen LogP contribution < -0.4 is 0 Å². The number of hydrogen-bond donors (Lipinski definition) is 2. The summed E-state index contributed by atoms with van der Waals surface area (Å²) in [5.74, 6) is -0.628. The normalized spacial score (nSPS) is 29.9. The van der Waals surface area contributed by atoms with Crippen LogP contribution in [-0.4, -0.2) is 37.1 Å². The zero-order valence-electron chi connectivity index (χ0n) is 12.9. The number of nitrogens with zero attached hydrogens (tertiary/aromatic N) is 2. The summed E-state index contributed by atoms with van der Waals surface area (Å²) in [7, 11) is 0. The number of aromatic nitrogens is 1. The van der Waals surface area contributed by atoms with E-state index in [4.69, 9.17) is 0 Å². The molecule has 1 aromatic carbocycles. The molecule has 2 N–H and O–H groups in total. The van der Waals surface area contributed by atoms with E-state index in [1.807, 2.05) is 44.2 Å². The van der Waals surface area contributed by atoms with Gasteiger partial charge in [-0.1, -0.05) is 18.2 Å². The largest absolute Gasteiger partial charge is 0.386 e. The summed E-state index contributed by atoms with van der Waals surface area (Å²) in [6.07, 6.45) is -0.878. The minimum atomic E-state index is -0.878. The Morgan fingerprint density at radius 2 is 2.17 bits per heavy atom. The number of nitrogens with one attached hydrogen (secondary N) is 1. The van der Waals surface area contributed by atoms with Crippen LogP contribution in [0.3, 0.4) is 0 Å². The van der Waals surface area contributed by atoms with E-state index in [1.54, 1.807) is 16.7 Å². The number of aliphatic hydroxyl groups is 1. The second-order valence-electron chi connectivity index (χ2n) is 6.67. The number of benzene rings is 1. The fourth-order valence-corrected chi connectivity index (χ4v) is 5.25. The van der Waals surface area contributed by atoms with E-state index < -0.39 is 18.1 Å². The summed E-state index contributed by atoms with van der Waals surface area (Å²) in [5, 5.41) is 20.9. The van der Waals surface area contributed by atoms with Gasteiger partial charge in [0.15, 0.2) is 0 Å². The van der Waals surface area contributed by atoms with Gasteiger partial charge in [-0.2, -0.15) is 5.26 Å². The van der Waals surface area contributed by atoms with Gasteiger partial charge in [0.2, 0.25) is 5.91 Å². The first-order valence-electron chi connectivity index (χ1n) is 7.59. The molecule has 2 aromatic rings. The lowest BCUT2D eigenvalue weighted by Gasteiger charge is -2.44. The van der Waals surface area contributed by atoms with Crippen molar-refractivity contribution in [1.82, 2.24) is 9.88 Å². The molecule has 1 aromatic heterocycles. The summed E-state index contributed by atoms with van der Waals surface area (Å²) < 4.78 is -0.315. The number of fused-ring (bicyclic) bond motifs is 2. The number of nitriles is 1. The van der Waals surface area contributed by atoms with Gasteiger partial charge in [-0.25, -0.2) is 0 Å². The van der Waals surface area contributed by atoms with Crippen LogP contribution in [0.1, 0.15) is 25.6 Å². The minimum absolute atomic E-state index is 0.134. The van der Waals surface area contributed by atoms with Crippen LogP contribution in [0.25, 0.3) is 10.9 Å². The van der Waals surface area contributed by atoms with E-state index in [-0.39, 0.29) is 16.0 Å². The van der Waals surface area contributed by atoms with Crippen LogP contribution in [-0.2, 0) is 4.79 Å². The van der Waals surface area contributed by atoms with Crippen molar-refractivity contribution >= 4 is 28.6 Å². The number of rotatable bonds is 2. The van der Waals surface area contributed by atoms with E-state index in [0.717, 1.165) is 10.9 Å². The van der Waals surface area contributed by atoms with Crippen LogP contribution in [0.15, 0.2) is 30.3 Å². The Morgan fingerprint density at radius 1 is 1.43 bits per heavy atom. The molecular formula is C17H17N3O2S. The maximum absolute atomic E-state index is 12.5. The average Bonchev–Trinajstić information content (AvgIpc) is 3.04. The number of aromatic amines is 1. The van der Waals surface area contributed by atoms with E-state index in [2.05, 4.69) is 11.1 Å². The van der Waals surface area contributed by atoms with Gasteiger partial charge < -0.3 is 15.0 Å². The molecule has 2 aliphatic heterocycles. The maximum atomic E-state index is 12.5. The summed E-state index contributed by atoms with van der Waals surface area (Å²) in [6.45, 7) is 3.95. The van der Waals surface area contributed by atoms with Gasteiger partial charge in [0.25, 0.3) is 0 Å². The zero-order chi connectivity index (χ0) is 16.4. The number of hydrogen-bond acceptors (Lipinski definition) is 4. The fourth-order valence-electron chi connectivity index (χ4n) is 3.58. The van der Waals surface area contributed by atoms with Crippen molar-refractivity contribution in [2.24, 2.45) is 5.92 Å². The SMILES string of the molecule is CC1(C)SC2C(C(O)c3cc4ccccc4[nH]3)C(=O)N2C1C#N. The number of para-hydroxylation sites is 1. The molecule has 2 saturated heterocycles. The van der Waals surface area contributed by atoms with Gasteiger partial charge in [-0.05, 0) is 31.4 Å². The minimum Gasteiger partial charge on any atom is -0.386 e. The predicted octanol–water partition coefficient (Wildman–Crippen LogP) is 2.40. The summed E-state index contributed by atoms with van der Waals surface area (Å²) in [4.78, 5) is 17.3. The van der Waals surface area contributed by atoms with Gasteiger partial charge in [0.05, 0.1) is 17.4 Å². The third-order valence-corrected chi connectivity index (χ3v) is 6.41. The van der Waals surface area contributed by atoms with Crippen molar-refractivity contribution in [2.75, 3.05) is 0 Å². The van der Waals surface area contributed by atoms with Crippen molar-refractivity contribution in [3.63, 3.8) is 0 Å². The standard InChI is InChI=1S/C17H17N3O2S/c1-17(2)12(8-18)20-15(22)13(16(20)23-17)14(21)11-7-9-5-3-4-6-10(9)19-11/h3-7,12-14,16,19,21H,1-2H3. The lowest BCUT2D eigenvalue weighted by molar-refractivity contribution is -0.159. The Morgan fingerprint density at radius 3 is 2.87 bits per heavy atom. The van der Waals surface area contributed by atoms with Crippen LogP contribution in [0, 0.1) is 17.2 Å². The highest BCUT2D eigenvalue weighted by atomic mass is 32.2. The van der Waals surface area contributed by atoms with Gasteiger partial charge in [0, 0.05) is 16.0 Å². The molecule has 0 radical (unpaired) electrons. The Hall–Kier alpha value is -1.97. The molecule has 1 amide bonds. The van der Waals surface area contributed by atoms with Gasteiger partial charge in [-0.3, -0.25) is 4.79 Å². The molecule has 23 heavy (non-hydrogen) atoms. The number of aliphatic hydroxyl groups excluding tert-OH is 1. The Balaban J connectivity index is 1.64. The van der Waals surface area contributed by atoms with Crippen molar-refractivity contribution in [3.05, 3.63) is 36.0 Å². The highest BCUT2D eigenvalue weighted by Gasteiger charge is 2.63. The lowest BCUT2D eigenvalue weighted by Crippen LogP contribution is -2.61. The van der Waals surface area contributed by atoms with Crippen molar-refractivity contribution < 1.29 is 9.90 Å². The number of amides is 1. The second-order valence-corrected chi connectivity index (χ2v) is 8.44. The highest BCUT2D eigenvalue weighted by Crippen LogP contribution is 2.55. The van der Waals surface area contributed by atoms with Gasteiger partial charge >= 0.3 is 0 Å². The molecule has 118 valence electrons. The smallest absolute Gasteiger partial charge is 0.233 e. The van der Waals surface area contributed by atoms with E-state index in [0.29, 0.717) is 5.69 Å². The van der Waals surface area contributed by atoms with E-state index in [1.165, 1.54) is 0 Å². The average molecular weight is 327 g/mol. The lowest BCUT2D eigenvalue weighted by atomic mass is 9.87. The van der Waals surface area contributed by atoms with Crippen molar-refractivity contribution in [1.29, 1.82) is 5.26 Å². The van der Waals surface area contributed by atoms with Crippen molar-refractivity contribution in [3.8, 4) is 6.07 Å². The highest BCUT2D eigenvalue weighted by molar-refractivity contribution is 8.01. The molecule has 6 heteroatoms. The summed E-state index contributed by atoms with van der Waals surface area (Å²) >= 11 is 1.60. The first kappa shape index (κ1) is 14.6. The molecule has 2 aliphatic rings.